The first kappa shape index (κ1) is 15.2. The van der Waals surface area contributed by atoms with Gasteiger partial charge in [-0.25, -0.2) is 0 Å². The molecule has 3 atom stereocenters. The van der Waals surface area contributed by atoms with Crippen LogP contribution in [0.25, 0.3) is 10.8 Å². The summed E-state index contributed by atoms with van der Waals surface area (Å²) < 4.78 is 0. The maximum Gasteiger partial charge on any atom is 0.248 e. The second-order valence-electron chi connectivity index (χ2n) is 7.25. The van der Waals surface area contributed by atoms with Crippen molar-refractivity contribution in [3.8, 4) is 0 Å². The number of primary amides is 1. The van der Waals surface area contributed by atoms with Gasteiger partial charge in [0.2, 0.25) is 5.91 Å². The standard InChI is InChI=1S/C23H20N2O/c24-23(26)17-10-11-21-20(13-17)18-6-3-7-19(18)22(25-21)16-9-8-14-4-1-2-5-15(14)12-16/h1-6,8-13,18-19,22,25H,7H2,(H2,24,26). The van der Waals surface area contributed by atoms with E-state index in [4.69, 9.17) is 5.73 Å². The number of carbonyl (C=O) groups excluding carboxylic acids is 1. The minimum Gasteiger partial charge on any atom is -0.378 e. The Bertz CT molecular complexity index is 1050. The summed E-state index contributed by atoms with van der Waals surface area (Å²) in [6.07, 6.45) is 5.58. The molecule has 5 rings (SSSR count). The van der Waals surface area contributed by atoms with E-state index in [9.17, 15) is 4.79 Å². The van der Waals surface area contributed by atoms with E-state index in [1.165, 1.54) is 21.9 Å². The highest BCUT2D eigenvalue weighted by Crippen LogP contribution is 2.50. The highest BCUT2D eigenvalue weighted by Gasteiger charge is 2.38. The number of carbonyl (C=O) groups is 1. The van der Waals surface area contributed by atoms with Gasteiger partial charge in [-0.15, -0.1) is 0 Å². The third-order valence-corrected chi connectivity index (χ3v) is 5.78. The molecule has 0 saturated carbocycles. The maximum absolute atomic E-state index is 11.6. The van der Waals surface area contributed by atoms with Crippen LogP contribution in [0.15, 0.2) is 72.8 Å². The normalized spacial score (nSPS) is 23.3. The summed E-state index contributed by atoms with van der Waals surface area (Å²) >= 11 is 0. The largest absolute Gasteiger partial charge is 0.378 e. The predicted molar refractivity (Wildman–Crippen MR) is 105 cm³/mol. The third-order valence-electron chi connectivity index (χ3n) is 5.78. The van der Waals surface area contributed by atoms with E-state index in [0.29, 0.717) is 17.4 Å². The Hall–Kier alpha value is -3.07. The van der Waals surface area contributed by atoms with Gasteiger partial charge in [-0.1, -0.05) is 48.6 Å². The van der Waals surface area contributed by atoms with Gasteiger partial charge in [0.15, 0.2) is 0 Å². The molecule has 128 valence electrons. The monoisotopic (exact) mass is 340 g/mol. The van der Waals surface area contributed by atoms with Crippen molar-refractivity contribution in [1.29, 1.82) is 0 Å². The lowest BCUT2D eigenvalue weighted by Crippen LogP contribution is -2.29. The fourth-order valence-electron chi connectivity index (χ4n) is 4.48. The first-order chi connectivity index (χ1) is 12.7. The summed E-state index contributed by atoms with van der Waals surface area (Å²) in [5.74, 6) is 0.400. The van der Waals surface area contributed by atoms with Crippen LogP contribution in [0, 0.1) is 5.92 Å². The van der Waals surface area contributed by atoms with E-state index in [-0.39, 0.29) is 11.9 Å². The minimum atomic E-state index is -0.372. The third kappa shape index (κ3) is 2.31. The van der Waals surface area contributed by atoms with E-state index >= 15 is 0 Å². The molecular formula is C23H20N2O. The molecule has 1 aliphatic carbocycles. The van der Waals surface area contributed by atoms with E-state index in [0.717, 1.165) is 12.1 Å². The Morgan fingerprint density at radius 1 is 1.00 bits per heavy atom. The zero-order valence-corrected chi connectivity index (χ0v) is 14.4. The number of benzene rings is 3. The van der Waals surface area contributed by atoms with Crippen LogP contribution in [0.3, 0.4) is 0 Å². The number of hydrogen-bond donors (Lipinski definition) is 2. The molecule has 3 heteroatoms. The highest BCUT2D eigenvalue weighted by atomic mass is 16.1. The van der Waals surface area contributed by atoms with Crippen molar-refractivity contribution >= 4 is 22.4 Å². The van der Waals surface area contributed by atoms with Gasteiger partial charge in [-0.2, -0.15) is 0 Å². The Balaban J connectivity index is 1.59. The summed E-state index contributed by atoms with van der Waals surface area (Å²) in [6.45, 7) is 0. The van der Waals surface area contributed by atoms with Crippen molar-refractivity contribution in [1.82, 2.24) is 0 Å². The number of allylic oxidation sites excluding steroid dienone is 2. The fraction of sp³-hybridized carbons (Fsp3) is 0.174. The Kier molecular flexibility index (Phi) is 3.35. The Morgan fingerprint density at radius 3 is 2.69 bits per heavy atom. The molecule has 0 spiro atoms. The fourth-order valence-corrected chi connectivity index (χ4v) is 4.48. The molecule has 0 fully saturated rings. The van der Waals surface area contributed by atoms with Gasteiger partial charge in [-0.05, 0) is 58.5 Å². The zero-order chi connectivity index (χ0) is 17.7. The van der Waals surface area contributed by atoms with Crippen LogP contribution in [0.5, 0.6) is 0 Å². The van der Waals surface area contributed by atoms with Crippen molar-refractivity contribution in [2.75, 3.05) is 5.32 Å². The molecule has 0 bridgehead atoms. The molecule has 1 amide bonds. The molecule has 3 unspecified atom stereocenters. The van der Waals surface area contributed by atoms with E-state index < -0.39 is 0 Å². The van der Waals surface area contributed by atoms with Crippen LogP contribution in [0.2, 0.25) is 0 Å². The van der Waals surface area contributed by atoms with Crippen molar-refractivity contribution in [2.45, 2.75) is 18.4 Å². The SMILES string of the molecule is NC(=O)c1ccc2c(c1)C1C=CCC1C(c1ccc3ccccc3c1)N2. The lowest BCUT2D eigenvalue weighted by atomic mass is 9.76. The number of amides is 1. The van der Waals surface area contributed by atoms with Crippen molar-refractivity contribution in [3.05, 3.63) is 89.5 Å². The molecule has 2 aliphatic rings. The van der Waals surface area contributed by atoms with Gasteiger partial charge < -0.3 is 11.1 Å². The molecule has 3 aromatic carbocycles. The summed E-state index contributed by atoms with van der Waals surface area (Å²) in [7, 11) is 0. The number of nitrogens with one attached hydrogen (secondary N) is 1. The number of nitrogens with two attached hydrogens (primary N) is 1. The minimum absolute atomic E-state index is 0.256. The Morgan fingerprint density at radius 2 is 1.85 bits per heavy atom. The van der Waals surface area contributed by atoms with Gasteiger partial charge in [0.1, 0.15) is 0 Å². The summed E-state index contributed by atoms with van der Waals surface area (Å²) in [5.41, 5.74) is 9.64. The molecule has 1 aliphatic heterocycles. The summed E-state index contributed by atoms with van der Waals surface area (Å²) in [5, 5.41) is 6.25. The van der Waals surface area contributed by atoms with Crippen molar-refractivity contribution in [3.63, 3.8) is 0 Å². The van der Waals surface area contributed by atoms with Crippen LogP contribution in [0.4, 0.5) is 5.69 Å². The van der Waals surface area contributed by atoms with Gasteiger partial charge >= 0.3 is 0 Å². The molecule has 26 heavy (non-hydrogen) atoms. The van der Waals surface area contributed by atoms with Gasteiger partial charge in [-0.3, -0.25) is 4.79 Å². The van der Waals surface area contributed by atoms with Crippen molar-refractivity contribution < 1.29 is 4.79 Å². The van der Waals surface area contributed by atoms with E-state index in [1.54, 1.807) is 0 Å². The summed E-state index contributed by atoms with van der Waals surface area (Å²) in [4.78, 5) is 11.6. The smallest absolute Gasteiger partial charge is 0.248 e. The lowest BCUT2D eigenvalue weighted by Gasteiger charge is -2.37. The van der Waals surface area contributed by atoms with Crippen molar-refractivity contribution in [2.24, 2.45) is 11.7 Å². The van der Waals surface area contributed by atoms with Crippen LogP contribution >= 0.6 is 0 Å². The van der Waals surface area contributed by atoms with Gasteiger partial charge in [0.05, 0.1) is 6.04 Å². The van der Waals surface area contributed by atoms with Crippen LogP contribution < -0.4 is 11.1 Å². The number of rotatable bonds is 2. The molecule has 3 nitrogen and oxygen atoms in total. The molecule has 0 saturated heterocycles. The van der Waals surface area contributed by atoms with Gasteiger partial charge in [0.25, 0.3) is 0 Å². The molecule has 1 heterocycles. The first-order valence-electron chi connectivity index (χ1n) is 9.06. The topological polar surface area (TPSA) is 55.1 Å². The predicted octanol–water partition coefficient (Wildman–Crippen LogP) is 4.77. The van der Waals surface area contributed by atoms with Crippen LogP contribution in [-0.4, -0.2) is 5.91 Å². The lowest BCUT2D eigenvalue weighted by molar-refractivity contribution is 0.1000. The average molecular weight is 340 g/mol. The second kappa shape index (κ2) is 5.73. The maximum atomic E-state index is 11.6. The average Bonchev–Trinajstić information content (AvgIpc) is 3.16. The number of hydrogen-bond acceptors (Lipinski definition) is 2. The quantitative estimate of drug-likeness (QED) is 0.661. The molecule has 0 radical (unpaired) electrons. The zero-order valence-electron chi connectivity index (χ0n) is 14.4. The van der Waals surface area contributed by atoms with E-state index in [2.05, 4.69) is 59.9 Å². The molecular weight excluding hydrogens is 320 g/mol. The van der Waals surface area contributed by atoms with Crippen LogP contribution in [0.1, 0.15) is 39.9 Å². The first-order valence-corrected chi connectivity index (χ1v) is 9.06. The highest BCUT2D eigenvalue weighted by molar-refractivity contribution is 5.93. The molecule has 3 aromatic rings. The number of fused-ring (bicyclic) bond motifs is 4. The Labute approximate surface area is 152 Å². The summed E-state index contributed by atoms with van der Waals surface area (Å²) in [6, 6.07) is 21.2. The number of anilines is 1. The molecule has 0 aromatic heterocycles. The second-order valence-corrected chi connectivity index (χ2v) is 7.25. The molecule has 3 N–H and O–H groups in total. The van der Waals surface area contributed by atoms with Crippen LogP contribution in [-0.2, 0) is 0 Å². The van der Waals surface area contributed by atoms with E-state index in [1.807, 2.05) is 18.2 Å². The van der Waals surface area contributed by atoms with Gasteiger partial charge in [0, 0.05) is 17.2 Å².